The van der Waals surface area contributed by atoms with Gasteiger partial charge in [0.15, 0.2) is 5.78 Å². The number of amides is 1. The number of rotatable bonds is 6. The van der Waals surface area contributed by atoms with Crippen molar-refractivity contribution in [3.05, 3.63) is 109 Å². The molecule has 4 aromatic carbocycles. The van der Waals surface area contributed by atoms with E-state index in [0.29, 0.717) is 16.9 Å². The van der Waals surface area contributed by atoms with Crippen molar-refractivity contribution in [1.29, 1.82) is 0 Å². The van der Waals surface area contributed by atoms with Crippen molar-refractivity contribution in [2.24, 2.45) is 10.9 Å². The molecule has 0 aliphatic heterocycles. The van der Waals surface area contributed by atoms with E-state index in [9.17, 15) is 9.59 Å². The largest absolute Gasteiger partial charge is 0.325 e. The van der Waals surface area contributed by atoms with Gasteiger partial charge in [0.05, 0.1) is 5.69 Å². The Bertz CT molecular complexity index is 1200. The van der Waals surface area contributed by atoms with E-state index in [2.05, 4.69) is 10.3 Å². The molecule has 4 nitrogen and oxygen atoms in total. The van der Waals surface area contributed by atoms with Crippen LogP contribution in [0, 0.1) is 5.92 Å². The van der Waals surface area contributed by atoms with Crippen LogP contribution in [-0.4, -0.2) is 17.9 Å². The Labute approximate surface area is 174 Å². The first-order chi connectivity index (χ1) is 14.7. The molecule has 4 heteroatoms. The van der Waals surface area contributed by atoms with Crippen LogP contribution in [0.1, 0.15) is 10.4 Å². The van der Waals surface area contributed by atoms with Crippen molar-refractivity contribution in [3.63, 3.8) is 0 Å². The van der Waals surface area contributed by atoms with Crippen LogP contribution < -0.4 is 5.32 Å². The summed E-state index contributed by atoms with van der Waals surface area (Å²) < 4.78 is 0. The van der Waals surface area contributed by atoms with Crippen molar-refractivity contribution in [3.8, 4) is 0 Å². The standard InChI is InChI=1S/C26H20N2O2/c29-25(20-11-3-1-4-12-20)23(18-27-21-14-5-2-6-15-21)26(30)28-24-17-9-13-19-10-7-8-16-22(19)24/h1-18,23H,(H,28,30). The summed E-state index contributed by atoms with van der Waals surface area (Å²) in [4.78, 5) is 30.6. The molecule has 1 N–H and O–H groups in total. The van der Waals surface area contributed by atoms with Crippen LogP contribution in [0.25, 0.3) is 10.8 Å². The zero-order valence-corrected chi connectivity index (χ0v) is 16.2. The third-order valence-electron chi connectivity index (χ3n) is 4.80. The minimum atomic E-state index is -1.05. The van der Waals surface area contributed by atoms with Gasteiger partial charge < -0.3 is 5.32 Å². The van der Waals surface area contributed by atoms with E-state index in [1.54, 1.807) is 24.3 Å². The van der Waals surface area contributed by atoms with Gasteiger partial charge in [-0.2, -0.15) is 0 Å². The van der Waals surface area contributed by atoms with Crippen LogP contribution in [0.15, 0.2) is 108 Å². The van der Waals surface area contributed by atoms with Crippen LogP contribution in [-0.2, 0) is 4.79 Å². The second-order valence-electron chi connectivity index (χ2n) is 6.84. The van der Waals surface area contributed by atoms with E-state index in [0.717, 1.165) is 10.8 Å². The van der Waals surface area contributed by atoms with Crippen LogP contribution in [0.3, 0.4) is 0 Å². The Hall–Kier alpha value is -4.05. The molecule has 0 saturated heterocycles. The summed E-state index contributed by atoms with van der Waals surface area (Å²) in [6.07, 6.45) is 1.42. The normalized spacial score (nSPS) is 12.0. The molecule has 0 spiro atoms. The number of carbonyl (C=O) groups excluding carboxylic acids is 2. The van der Waals surface area contributed by atoms with Crippen molar-refractivity contribution in [2.75, 3.05) is 5.32 Å². The predicted octanol–water partition coefficient (Wildman–Crippen LogP) is 5.68. The lowest BCUT2D eigenvalue weighted by Gasteiger charge is -2.14. The van der Waals surface area contributed by atoms with Crippen molar-refractivity contribution in [2.45, 2.75) is 0 Å². The van der Waals surface area contributed by atoms with Gasteiger partial charge in [0.25, 0.3) is 0 Å². The number of Topliss-reactive ketones (excluding diaryl/α,β-unsaturated/α-hetero) is 1. The molecule has 0 aliphatic carbocycles. The molecule has 1 atom stereocenters. The summed E-state index contributed by atoms with van der Waals surface area (Å²) in [6.45, 7) is 0. The fourth-order valence-corrected chi connectivity index (χ4v) is 3.26. The Morgan fingerprint density at radius 3 is 2.13 bits per heavy atom. The van der Waals surface area contributed by atoms with Gasteiger partial charge in [-0.1, -0.05) is 84.9 Å². The summed E-state index contributed by atoms with van der Waals surface area (Å²) in [5, 5.41) is 4.85. The summed E-state index contributed by atoms with van der Waals surface area (Å²) >= 11 is 0. The monoisotopic (exact) mass is 392 g/mol. The average molecular weight is 392 g/mol. The molecule has 0 saturated carbocycles. The first-order valence-electron chi connectivity index (χ1n) is 9.69. The molecule has 1 amide bonds. The summed E-state index contributed by atoms with van der Waals surface area (Å²) in [6, 6.07) is 31.5. The van der Waals surface area contributed by atoms with Gasteiger partial charge >= 0.3 is 0 Å². The maximum absolute atomic E-state index is 13.2. The molecule has 0 heterocycles. The van der Waals surface area contributed by atoms with Crippen LogP contribution >= 0.6 is 0 Å². The fourth-order valence-electron chi connectivity index (χ4n) is 3.26. The Balaban J connectivity index is 1.66. The highest BCUT2D eigenvalue weighted by Gasteiger charge is 2.26. The molecule has 4 rings (SSSR count). The molecule has 146 valence electrons. The molecule has 0 fully saturated rings. The molecule has 0 aromatic heterocycles. The van der Waals surface area contributed by atoms with Gasteiger partial charge in [-0.15, -0.1) is 0 Å². The smallest absolute Gasteiger partial charge is 0.240 e. The maximum Gasteiger partial charge on any atom is 0.240 e. The van der Waals surface area contributed by atoms with E-state index >= 15 is 0 Å². The highest BCUT2D eigenvalue weighted by molar-refractivity contribution is 6.23. The van der Waals surface area contributed by atoms with E-state index in [1.807, 2.05) is 78.9 Å². The van der Waals surface area contributed by atoms with Gasteiger partial charge in [-0.3, -0.25) is 14.6 Å². The molecular weight excluding hydrogens is 372 g/mol. The number of benzene rings is 4. The van der Waals surface area contributed by atoms with Crippen molar-refractivity contribution in [1.82, 2.24) is 0 Å². The number of ketones is 1. The Kier molecular flexibility index (Phi) is 5.76. The Morgan fingerprint density at radius 2 is 1.37 bits per heavy atom. The molecule has 4 aromatic rings. The maximum atomic E-state index is 13.2. The number of anilines is 1. The average Bonchev–Trinajstić information content (AvgIpc) is 2.80. The lowest BCUT2D eigenvalue weighted by atomic mass is 9.97. The zero-order chi connectivity index (χ0) is 20.8. The SMILES string of the molecule is O=C(Nc1cccc2ccccc12)C(C=Nc1ccccc1)C(=O)c1ccccc1. The second kappa shape index (κ2) is 8.97. The quantitative estimate of drug-likeness (QED) is 0.261. The lowest BCUT2D eigenvalue weighted by molar-refractivity contribution is -0.116. The van der Waals surface area contributed by atoms with Crippen molar-refractivity contribution >= 4 is 40.1 Å². The number of hydrogen-bond acceptors (Lipinski definition) is 3. The van der Waals surface area contributed by atoms with Gasteiger partial charge in [0.1, 0.15) is 5.92 Å². The van der Waals surface area contributed by atoms with Gasteiger partial charge in [-0.05, 0) is 23.6 Å². The minimum Gasteiger partial charge on any atom is -0.325 e. The van der Waals surface area contributed by atoms with Crippen LogP contribution in [0.4, 0.5) is 11.4 Å². The molecule has 0 radical (unpaired) electrons. The summed E-state index contributed by atoms with van der Waals surface area (Å²) in [5.74, 6) is -1.76. The fraction of sp³-hybridized carbons (Fsp3) is 0.0385. The highest BCUT2D eigenvalue weighted by Crippen LogP contribution is 2.24. The molecule has 0 bridgehead atoms. The third-order valence-corrected chi connectivity index (χ3v) is 4.80. The third kappa shape index (κ3) is 4.33. The van der Waals surface area contributed by atoms with E-state index in [-0.39, 0.29) is 5.78 Å². The number of fused-ring (bicyclic) bond motifs is 1. The van der Waals surface area contributed by atoms with E-state index in [1.165, 1.54) is 6.21 Å². The molecule has 30 heavy (non-hydrogen) atoms. The second-order valence-corrected chi connectivity index (χ2v) is 6.84. The minimum absolute atomic E-state index is 0.298. The van der Waals surface area contributed by atoms with Gasteiger partial charge in [-0.25, -0.2) is 0 Å². The van der Waals surface area contributed by atoms with E-state index < -0.39 is 11.8 Å². The number of para-hydroxylation sites is 1. The van der Waals surface area contributed by atoms with Gasteiger partial charge in [0.2, 0.25) is 5.91 Å². The molecule has 0 aliphatic rings. The first kappa shape index (κ1) is 19.3. The van der Waals surface area contributed by atoms with E-state index in [4.69, 9.17) is 0 Å². The van der Waals surface area contributed by atoms with Crippen LogP contribution in [0.5, 0.6) is 0 Å². The van der Waals surface area contributed by atoms with Gasteiger partial charge in [0, 0.05) is 22.9 Å². The number of carbonyl (C=O) groups is 2. The first-order valence-corrected chi connectivity index (χ1v) is 9.69. The van der Waals surface area contributed by atoms with Crippen molar-refractivity contribution < 1.29 is 9.59 Å². The number of aliphatic imine (C=N–C) groups is 1. The highest BCUT2D eigenvalue weighted by atomic mass is 16.2. The summed E-state index contributed by atoms with van der Waals surface area (Å²) in [5.41, 5.74) is 1.81. The summed E-state index contributed by atoms with van der Waals surface area (Å²) in [7, 11) is 0. The number of hydrogen-bond donors (Lipinski definition) is 1. The topological polar surface area (TPSA) is 58.5 Å². The Morgan fingerprint density at radius 1 is 0.733 bits per heavy atom. The van der Waals surface area contributed by atoms with Crippen LogP contribution in [0.2, 0.25) is 0 Å². The zero-order valence-electron chi connectivity index (χ0n) is 16.2. The number of nitrogens with one attached hydrogen (secondary N) is 1. The number of nitrogens with zero attached hydrogens (tertiary/aromatic N) is 1. The molecule has 1 unspecified atom stereocenters. The molecular formula is C26H20N2O2. The lowest BCUT2D eigenvalue weighted by Crippen LogP contribution is -2.31. The predicted molar refractivity (Wildman–Crippen MR) is 121 cm³/mol.